The first-order valence-electron chi connectivity index (χ1n) is 4.46. The normalized spacial score (nSPS) is 9.67. The molecule has 1 aromatic carbocycles. The summed E-state index contributed by atoms with van der Waals surface area (Å²) < 4.78 is 0. The van der Waals surface area contributed by atoms with Crippen molar-refractivity contribution in [2.24, 2.45) is 0 Å². The van der Waals surface area contributed by atoms with E-state index in [0.717, 1.165) is 22.8 Å². The number of nitrogens with one attached hydrogen (secondary N) is 1. The lowest BCUT2D eigenvalue weighted by molar-refractivity contribution is 0.112. The van der Waals surface area contributed by atoms with E-state index in [4.69, 9.17) is 11.6 Å². The number of aromatic amines is 1. The quantitative estimate of drug-likeness (QED) is 0.445. The monoisotopic (exact) mass is 217 g/mol. The summed E-state index contributed by atoms with van der Waals surface area (Å²) >= 11 is 5.47. The molecule has 0 aliphatic carbocycles. The van der Waals surface area contributed by atoms with E-state index in [9.17, 15) is 4.79 Å². The number of halogens is 1. The number of benzene rings is 1. The van der Waals surface area contributed by atoms with Crippen LogP contribution >= 0.6 is 11.6 Å². The molecule has 1 heterocycles. The fraction of sp³-hybridized carbons (Fsp3) is 0.0833. The third-order valence-electron chi connectivity index (χ3n) is 2.14. The second kappa shape index (κ2) is 4.20. The van der Waals surface area contributed by atoms with Crippen molar-refractivity contribution in [1.29, 1.82) is 0 Å². The Bertz CT molecular complexity index is 560. The molecule has 15 heavy (non-hydrogen) atoms. The Morgan fingerprint density at radius 2 is 2.33 bits per heavy atom. The number of H-pyrrole nitrogens is 1. The summed E-state index contributed by atoms with van der Waals surface area (Å²) in [5.41, 5.74) is 2.46. The summed E-state index contributed by atoms with van der Waals surface area (Å²) in [5, 5.41) is 0.895. The van der Waals surface area contributed by atoms with Gasteiger partial charge in [0.25, 0.3) is 0 Å². The highest BCUT2D eigenvalue weighted by Gasteiger charge is 2.02. The Kier molecular flexibility index (Phi) is 2.75. The van der Waals surface area contributed by atoms with Crippen LogP contribution in [-0.2, 0) is 0 Å². The van der Waals surface area contributed by atoms with Crippen molar-refractivity contribution >= 4 is 28.8 Å². The van der Waals surface area contributed by atoms with Gasteiger partial charge in [-0.2, -0.15) is 0 Å². The van der Waals surface area contributed by atoms with E-state index in [1.807, 2.05) is 18.2 Å². The number of fused-ring (bicyclic) bond motifs is 1. The fourth-order valence-electron chi connectivity index (χ4n) is 1.45. The first-order chi connectivity index (χ1) is 7.35. The molecule has 2 nitrogen and oxygen atoms in total. The van der Waals surface area contributed by atoms with Gasteiger partial charge in [-0.05, 0) is 18.2 Å². The van der Waals surface area contributed by atoms with Crippen molar-refractivity contribution in [3.8, 4) is 11.8 Å². The molecule has 0 bridgehead atoms. The molecular formula is C12H8ClNO. The second-order valence-corrected chi connectivity index (χ2v) is 3.32. The number of hydrogen-bond acceptors (Lipinski definition) is 1. The van der Waals surface area contributed by atoms with Crippen LogP contribution in [0.4, 0.5) is 0 Å². The molecule has 0 saturated heterocycles. The fourth-order valence-corrected chi connectivity index (χ4v) is 1.52. The number of aromatic nitrogens is 1. The Hall–Kier alpha value is -1.72. The topological polar surface area (TPSA) is 32.9 Å². The summed E-state index contributed by atoms with van der Waals surface area (Å²) in [6.45, 7) is 0. The van der Waals surface area contributed by atoms with E-state index in [1.165, 1.54) is 0 Å². The molecule has 0 radical (unpaired) electrons. The van der Waals surface area contributed by atoms with Gasteiger partial charge in [0.05, 0.1) is 5.88 Å². The Labute approximate surface area is 92.2 Å². The zero-order chi connectivity index (χ0) is 10.7. The lowest BCUT2D eigenvalue weighted by atomic mass is 10.1. The van der Waals surface area contributed by atoms with Crippen LogP contribution in [0.5, 0.6) is 0 Å². The minimum absolute atomic E-state index is 0.311. The molecule has 3 heteroatoms. The SMILES string of the molecule is O=Cc1c[nH]c2ccc(C#CCCl)cc12. The highest BCUT2D eigenvalue weighted by Crippen LogP contribution is 2.17. The van der Waals surface area contributed by atoms with Gasteiger partial charge in [-0.3, -0.25) is 4.79 Å². The van der Waals surface area contributed by atoms with E-state index in [1.54, 1.807) is 6.20 Å². The van der Waals surface area contributed by atoms with Gasteiger partial charge in [-0.1, -0.05) is 11.8 Å². The second-order valence-electron chi connectivity index (χ2n) is 3.06. The number of alkyl halides is 1. The summed E-state index contributed by atoms with van der Waals surface area (Å²) in [7, 11) is 0. The minimum atomic E-state index is 0.311. The Morgan fingerprint density at radius 3 is 3.07 bits per heavy atom. The molecule has 74 valence electrons. The van der Waals surface area contributed by atoms with Gasteiger partial charge in [-0.15, -0.1) is 11.6 Å². The molecule has 0 fully saturated rings. The van der Waals surface area contributed by atoms with Gasteiger partial charge < -0.3 is 4.98 Å². The van der Waals surface area contributed by atoms with E-state index in [-0.39, 0.29) is 0 Å². The highest BCUT2D eigenvalue weighted by atomic mass is 35.5. The predicted octanol–water partition coefficient (Wildman–Crippen LogP) is 2.57. The van der Waals surface area contributed by atoms with Crippen molar-refractivity contribution in [2.45, 2.75) is 0 Å². The van der Waals surface area contributed by atoms with Crippen LogP contribution in [0.15, 0.2) is 24.4 Å². The van der Waals surface area contributed by atoms with Crippen LogP contribution in [0.1, 0.15) is 15.9 Å². The number of carbonyl (C=O) groups excluding carboxylic acids is 1. The molecule has 0 spiro atoms. The lowest BCUT2D eigenvalue weighted by Crippen LogP contribution is -1.78. The van der Waals surface area contributed by atoms with Crippen LogP contribution in [0.3, 0.4) is 0 Å². The molecule has 0 amide bonds. The zero-order valence-corrected chi connectivity index (χ0v) is 8.64. The van der Waals surface area contributed by atoms with Crippen molar-refractivity contribution in [2.75, 3.05) is 5.88 Å². The minimum Gasteiger partial charge on any atom is -0.360 e. The van der Waals surface area contributed by atoms with Crippen molar-refractivity contribution in [3.05, 3.63) is 35.5 Å². The first-order valence-corrected chi connectivity index (χ1v) is 5.00. The highest BCUT2D eigenvalue weighted by molar-refractivity contribution is 6.19. The number of carbonyl (C=O) groups is 1. The van der Waals surface area contributed by atoms with E-state index < -0.39 is 0 Å². The molecule has 0 saturated carbocycles. The molecule has 2 rings (SSSR count). The van der Waals surface area contributed by atoms with Crippen LogP contribution in [0.25, 0.3) is 10.9 Å². The smallest absolute Gasteiger partial charge is 0.152 e. The number of rotatable bonds is 1. The van der Waals surface area contributed by atoms with Crippen LogP contribution in [0.2, 0.25) is 0 Å². The molecule has 2 aromatic rings. The van der Waals surface area contributed by atoms with Gasteiger partial charge in [0.2, 0.25) is 0 Å². The maximum atomic E-state index is 10.7. The van der Waals surface area contributed by atoms with Crippen molar-refractivity contribution < 1.29 is 4.79 Å². The molecular weight excluding hydrogens is 210 g/mol. The number of hydrogen-bond donors (Lipinski definition) is 1. The predicted molar refractivity (Wildman–Crippen MR) is 61.3 cm³/mol. The standard InChI is InChI=1S/C12H8ClNO/c13-5-1-2-9-3-4-12-11(6-9)10(8-15)7-14-12/h3-4,6-8,14H,5H2. The molecule has 1 N–H and O–H groups in total. The maximum absolute atomic E-state index is 10.7. The zero-order valence-electron chi connectivity index (χ0n) is 7.88. The van der Waals surface area contributed by atoms with Gasteiger partial charge in [0.15, 0.2) is 6.29 Å². The average Bonchev–Trinajstić information content (AvgIpc) is 2.68. The average molecular weight is 218 g/mol. The molecule has 0 atom stereocenters. The van der Waals surface area contributed by atoms with Crippen molar-refractivity contribution in [3.63, 3.8) is 0 Å². The molecule has 0 aliphatic heterocycles. The van der Waals surface area contributed by atoms with Crippen LogP contribution in [-0.4, -0.2) is 17.2 Å². The number of aldehydes is 1. The van der Waals surface area contributed by atoms with Gasteiger partial charge in [0.1, 0.15) is 0 Å². The van der Waals surface area contributed by atoms with Gasteiger partial charge in [0, 0.05) is 28.2 Å². The summed E-state index contributed by atoms with van der Waals surface area (Å²) in [6, 6.07) is 5.68. The van der Waals surface area contributed by atoms with Crippen molar-refractivity contribution in [1.82, 2.24) is 4.98 Å². The Morgan fingerprint density at radius 1 is 1.47 bits per heavy atom. The summed E-state index contributed by atoms with van der Waals surface area (Å²) in [4.78, 5) is 13.7. The molecule has 1 aromatic heterocycles. The van der Waals surface area contributed by atoms with Crippen LogP contribution < -0.4 is 0 Å². The molecule has 0 unspecified atom stereocenters. The van der Waals surface area contributed by atoms with Gasteiger partial charge >= 0.3 is 0 Å². The Balaban J connectivity index is 2.57. The van der Waals surface area contributed by atoms with Gasteiger partial charge in [-0.25, -0.2) is 0 Å². The van der Waals surface area contributed by atoms with E-state index in [0.29, 0.717) is 11.4 Å². The molecule has 0 aliphatic rings. The van der Waals surface area contributed by atoms with E-state index in [2.05, 4.69) is 16.8 Å². The summed E-state index contributed by atoms with van der Waals surface area (Å²) in [5.74, 6) is 6.00. The van der Waals surface area contributed by atoms with E-state index >= 15 is 0 Å². The largest absolute Gasteiger partial charge is 0.360 e. The lowest BCUT2D eigenvalue weighted by Gasteiger charge is -1.92. The van der Waals surface area contributed by atoms with Crippen LogP contribution in [0, 0.1) is 11.8 Å². The first kappa shape index (κ1) is 9.82. The maximum Gasteiger partial charge on any atom is 0.152 e. The third-order valence-corrected chi connectivity index (χ3v) is 2.27. The summed E-state index contributed by atoms with van der Waals surface area (Å²) in [6.07, 6.45) is 2.52. The third kappa shape index (κ3) is 1.88.